The molecular weight excluding hydrogens is 186 g/mol. The van der Waals surface area contributed by atoms with Crippen LogP contribution in [0, 0.1) is 11.8 Å². The summed E-state index contributed by atoms with van der Waals surface area (Å²) >= 11 is 0. The minimum Gasteiger partial charge on any atom is -0.396 e. The van der Waals surface area contributed by atoms with Gasteiger partial charge in [0.2, 0.25) is 0 Å². The Labute approximate surface area is 94.5 Å². The number of rotatable bonds is 5. The highest BCUT2D eigenvalue weighted by molar-refractivity contribution is 4.83. The van der Waals surface area contributed by atoms with E-state index in [2.05, 4.69) is 26.1 Å². The molecule has 0 aromatic heterocycles. The lowest BCUT2D eigenvalue weighted by atomic mass is 9.78. The van der Waals surface area contributed by atoms with Crippen LogP contribution in [0.1, 0.15) is 52.9 Å². The molecule has 1 rings (SSSR count). The molecule has 90 valence electrons. The van der Waals surface area contributed by atoms with Gasteiger partial charge in [-0.1, -0.05) is 26.7 Å². The lowest BCUT2D eigenvalue weighted by Crippen LogP contribution is -2.44. The largest absolute Gasteiger partial charge is 0.396 e. The van der Waals surface area contributed by atoms with Crippen molar-refractivity contribution < 1.29 is 5.11 Å². The first-order chi connectivity index (χ1) is 7.15. The fourth-order valence-corrected chi connectivity index (χ4v) is 2.66. The lowest BCUT2D eigenvalue weighted by molar-refractivity contribution is 0.190. The van der Waals surface area contributed by atoms with E-state index in [1.807, 2.05) is 0 Å². The summed E-state index contributed by atoms with van der Waals surface area (Å²) in [6, 6.07) is 1.25. The van der Waals surface area contributed by atoms with Gasteiger partial charge in [0.1, 0.15) is 0 Å². The summed E-state index contributed by atoms with van der Waals surface area (Å²) in [7, 11) is 0. The van der Waals surface area contributed by atoms with Gasteiger partial charge in [-0.15, -0.1) is 0 Å². The zero-order valence-electron chi connectivity index (χ0n) is 10.5. The molecule has 0 amide bonds. The monoisotopic (exact) mass is 213 g/mol. The molecule has 2 N–H and O–H groups in total. The van der Waals surface area contributed by atoms with Crippen LogP contribution in [-0.4, -0.2) is 23.8 Å². The second-order valence-electron chi connectivity index (χ2n) is 5.31. The van der Waals surface area contributed by atoms with E-state index in [0.29, 0.717) is 18.7 Å². The van der Waals surface area contributed by atoms with Crippen LogP contribution in [0.25, 0.3) is 0 Å². The highest BCUT2D eigenvalue weighted by atomic mass is 16.2. The Morgan fingerprint density at radius 3 is 2.73 bits per heavy atom. The summed E-state index contributed by atoms with van der Waals surface area (Å²) < 4.78 is 0. The van der Waals surface area contributed by atoms with Crippen LogP contribution in [0.4, 0.5) is 0 Å². The number of nitrogens with one attached hydrogen (secondary N) is 1. The predicted molar refractivity (Wildman–Crippen MR) is 64.9 cm³/mol. The Balaban J connectivity index is 2.29. The van der Waals surface area contributed by atoms with Crippen molar-refractivity contribution in [1.82, 2.24) is 5.32 Å². The highest BCUT2D eigenvalue weighted by Crippen LogP contribution is 2.29. The third-order valence-electron chi connectivity index (χ3n) is 4.00. The van der Waals surface area contributed by atoms with Crippen molar-refractivity contribution in [2.75, 3.05) is 6.61 Å². The molecule has 0 aromatic carbocycles. The first-order valence-electron chi connectivity index (χ1n) is 6.52. The molecule has 2 heteroatoms. The van der Waals surface area contributed by atoms with Crippen molar-refractivity contribution in [2.45, 2.75) is 65.0 Å². The lowest BCUT2D eigenvalue weighted by Gasteiger charge is -2.36. The van der Waals surface area contributed by atoms with Gasteiger partial charge in [-0.05, 0) is 38.0 Å². The average molecular weight is 213 g/mol. The summed E-state index contributed by atoms with van der Waals surface area (Å²) in [5, 5.41) is 12.5. The summed E-state index contributed by atoms with van der Waals surface area (Å²) in [5.74, 6) is 1.66. The SMILES string of the molecule is CC(CCCO)NC1CCCC(C)C1C. The Hall–Kier alpha value is -0.0800. The van der Waals surface area contributed by atoms with E-state index in [4.69, 9.17) is 5.11 Å². The summed E-state index contributed by atoms with van der Waals surface area (Å²) in [6.07, 6.45) is 6.11. The molecule has 2 nitrogen and oxygen atoms in total. The fourth-order valence-electron chi connectivity index (χ4n) is 2.66. The van der Waals surface area contributed by atoms with Crippen LogP contribution in [0.5, 0.6) is 0 Å². The van der Waals surface area contributed by atoms with Gasteiger partial charge >= 0.3 is 0 Å². The molecule has 1 aliphatic rings. The standard InChI is InChI=1S/C13H27NO/c1-10-6-4-8-13(12(10)3)14-11(2)7-5-9-15/h10-15H,4-9H2,1-3H3. The number of aliphatic hydroxyl groups excluding tert-OH is 1. The molecule has 0 spiro atoms. The van der Waals surface area contributed by atoms with Crippen LogP contribution in [-0.2, 0) is 0 Å². The van der Waals surface area contributed by atoms with Crippen molar-refractivity contribution in [3.63, 3.8) is 0 Å². The molecule has 1 saturated carbocycles. The molecule has 15 heavy (non-hydrogen) atoms. The topological polar surface area (TPSA) is 32.3 Å². The molecule has 0 radical (unpaired) electrons. The molecular formula is C13H27NO. The average Bonchev–Trinajstić information content (AvgIpc) is 2.22. The summed E-state index contributed by atoms with van der Waals surface area (Å²) in [6.45, 7) is 7.31. The van der Waals surface area contributed by atoms with E-state index in [9.17, 15) is 0 Å². The van der Waals surface area contributed by atoms with Gasteiger partial charge in [0.15, 0.2) is 0 Å². The van der Waals surface area contributed by atoms with E-state index >= 15 is 0 Å². The molecule has 0 saturated heterocycles. The van der Waals surface area contributed by atoms with Crippen LogP contribution in [0.15, 0.2) is 0 Å². The highest BCUT2D eigenvalue weighted by Gasteiger charge is 2.27. The predicted octanol–water partition coefficient (Wildman–Crippen LogP) is 2.56. The maximum absolute atomic E-state index is 8.79. The van der Waals surface area contributed by atoms with Crippen LogP contribution in [0.3, 0.4) is 0 Å². The number of hydrogen-bond acceptors (Lipinski definition) is 2. The second kappa shape index (κ2) is 6.49. The number of aliphatic hydroxyl groups is 1. The van der Waals surface area contributed by atoms with Gasteiger partial charge in [-0.3, -0.25) is 0 Å². The fraction of sp³-hybridized carbons (Fsp3) is 1.00. The van der Waals surface area contributed by atoms with Crippen molar-refractivity contribution in [3.05, 3.63) is 0 Å². The van der Waals surface area contributed by atoms with Crippen LogP contribution < -0.4 is 5.32 Å². The summed E-state index contributed by atoms with van der Waals surface area (Å²) in [4.78, 5) is 0. The van der Waals surface area contributed by atoms with Crippen molar-refractivity contribution in [3.8, 4) is 0 Å². The van der Waals surface area contributed by atoms with Crippen molar-refractivity contribution in [1.29, 1.82) is 0 Å². The maximum Gasteiger partial charge on any atom is 0.0431 e. The summed E-state index contributed by atoms with van der Waals surface area (Å²) in [5.41, 5.74) is 0. The molecule has 0 heterocycles. The van der Waals surface area contributed by atoms with Gasteiger partial charge in [0.25, 0.3) is 0 Å². The van der Waals surface area contributed by atoms with E-state index in [1.54, 1.807) is 0 Å². The zero-order chi connectivity index (χ0) is 11.3. The van der Waals surface area contributed by atoms with Gasteiger partial charge in [-0.2, -0.15) is 0 Å². The minimum absolute atomic E-state index is 0.322. The first-order valence-corrected chi connectivity index (χ1v) is 6.52. The molecule has 0 aliphatic heterocycles. The third-order valence-corrected chi connectivity index (χ3v) is 4.00. The van der Waals surface area contributed by atoms with Crippen molar-refractivity contribution >= 4 is 0 Å². The number of hydrogen-bond donors (Lipinski definition) is 2. The minimum atomic E-state index is 0.322. The van der Waals surface area contributed by atoms with Crippen molar-refractivity contribution in [2.24, 2.45) is 11.8 Å². The van der Waals surface area contributed by atoms with Gasteiger partial charge < -0.3 is 10.4 Å². The Kier molecular flexibility index (Phi) is 5.62. The van der Waals surface area contributed by atoms with Gasteiger partial charge in [-0.25, -0.2) is 0 Å². The van der Waals surface area contributed by atoms with Crippen LogP contribution in [0.2, 0.25) is 0 Å². The molecule has 0 aromatic rings. The second-order valence-corrected chi connectivity index (χ2v) is 5.31. The van der Waals surface area contributed by atoms with E-state index in [1.165, 1.54) is 19.3 Å². The molecule has 0 bridgehead atoms. The van der Waals surface area contributed by atoms with Gasteiger partial charge in [0.05, 0.1) is 0 Å². The Morgan fingerprint density at radius 2 is 2.07 bits per heavy atom. The molecule has 4 atom stereocenters. The molecule has 4 unspecified atom stereocenters. The molecule has 1 aliphatic carbocycles. The normalized spacial score (nSPS) is 34.0. The van der Waals surface area contributed by atoms with Gasteiger partial charge in [0, 0.05) is 18.7 Å². The molecule has 1 fully saturated rings. The maximum atomic E-state index is 8.79. The smallest absolute Gasteiger partial charge is 0.0431 e. The first kappa shape index (κ1) is 13.0. The quantitative estimate of drug-likeness (QED) is 0.735. The third kappa shape index (κ3) is 4.12. The Morgan fingerprint density at radius 1 is 1.33 bits per heavy atom. The van der Waals surface area contributed by atoms with Crippen LogP contribution >= 0.6 is 0 Å². The van der Waals surface area contributed by atoms with E-state index in [-0.39, 0.29) is 0 Å². The zero-order valence-corrected chi connectivity index (χ0v) is 10.5. The van der Waals surface area contributed by atoms with E-state index in [0.717, 1.165) is 24.7 Å². The van der Waals surface area contributed by atoms with E-state index < -0.39 is 0 Å². The Bertz CT molecular complexity index is 172.